The quantitative estimate of drug-likeness (QED) is 0.184. The normalized spacial score (nSPS) is 14.3. The highest BCUT2D eigenvalue weighted by Gasteiger charge is 2.32. The number of nitrogens with one attached hydrogen (secondary N) is 1. The molecule has 47 heavy (non-hydrogen) atoms. The predicted octanol–water partition coefficient (Wildman–Crippen LogP) is 6.51. The van der Waals surface area contributed by atoms with Crippen molar-refractivity contribution in [1.29, 1.82) is 0 Å². The van der Waals surface area contributed by atoms with E-state index in [0.717, 1.165) is 16.7 Å². The van der Waals surface area contributed by atoms with Crippen LogP contribution in [0.3, 0.4) is 0 Å². The summed E-state index contributed by atoms with van der Waals surface area (Å²) in [7, 11) is 1.59. The summed E-state index contributed by atoms with van der Waals surface area (Å²) in [6, 6.07) is 28.9. The molecule has 0 spiro atoms. The molecule has 238 valence electrons. The van der Waals surface area contributed by atoms with Crippen molar-refractivity contribution in [2.24, 2.45) is 4.99 Å². The Kier molecular flexibility index (Phi) is 9.56. The summed E-state index contributed by atoms with van der Waals surface area (Å²) >= 11 is 7.58. The van der Waals surface area contributed by atoms with Gasteiger partial charge in [-0.25, -0.2) is 4.99 Å². The van der Waals surface area contributed by atoms with Gasteiger partial charge in [0.15, 0.2) is 16.3 Å². The zero-order valence-corrected chi connectivity index (χ0v) is 27.6. The number of amides is 1. The molecule has 1 amide bonds. The van der Waals surface area contributed by atoms with Crippen molar-refractivity contribution in [3.63, 3.8) is 0 Å². The smallest absolute Gasteiger partial charge is 0.271 e. The van der Waals surface area contributed by atoms with Gasteiger partial charge in [-0.1, -0.05) is 77.5 Å². The Hall–Kier alpha value is -5.12. The van der Waals surface area contributed by atoms with Gasteiger partial charge in [0, 0.05) is 16.3 Å². The lowest BCUT2D eigenvalue weighted by atomic mass is 9.95. The third-order valence-electron chi connectivity index (χ3n) is 7.64. The predicted molar refractivity (Wildman–Crippen MR) is 185 cm³/mol. The number of allylic oxidation sites excluding steroid dienone is 1. The molecule has 0 fully saturated rings. The molecule has 1 aliphatic rings. The zero-order valence-electron chi connectivity index (χ0n) is 26.0. The summed E-state index contributed by atoms with van der Waals surface area (Å²) in [6.07, 6.45) is 1.80. The average molecular weight is 666 g/mol. The fraction of sp³-hybridized carbons (Fsp3) is 0.162. The van der Waals surface area contributed by atoms with Gasteiger partial charge in [-0.05, 0) is 73.5 Å². The van der Waals surface area contributed by atoms with E-state index < -0.39 is 6.04 Å². The number of halogens is 1. The van der Waals surface area contributed by atoms with E-state index in [1.807, 2.05) is 104 Å². The minimum atomic E-state index is -0.706. The maximum Gasteiger partial charge on any atom is 0.271 e. The van der Waals surface area contributed by atoms with Gasteiger partial charge < -0.3 is 19.5 Å². The molecule has 10 heteroatoms. The van der Waals surface area contributed by atoms with Crippen LogP contribution in [0.4, 0.5) is 5.69 Å². The first-order chi connectivity index (χ1) is 22.9. The van der Waals surface area contributed by atoms with E-state index >= 15 is 0 Å². The van der Waals surface area contributed by atoms with Gasteiger partial charge in [-0.15, -0.1) is 0 Å². The van der Waals surface area contributed by atoms with Crippen LogP contribution in [0.5, 0.6) is 17.2 Å². The molecule has 1 atom stereocenters. The molecule has 1 N–H and O–H groups in total. The number of aromatic nitrogens is 1. The maximum absolute atomic E-state index is 14.2. The Bertz CT molecular complexity index is 2140. The lowest BCUT2D eigenvalue weighted by Gasteiger charge is -2.25. The average Bonchev–Trinajstić information content (AvgIpc) is 3.38. The van der Waals surface area contributed by atoms with Crippen molar-refractivity contribution in [2.75, 3.05) is 19.0 Å². The van der Waals surface area contributed by atoms with E-state index in [1.54, 1.807) is 24.7 Å². The molecule has 2 heterocycles. The third kappa shape index (κ3) is 6.86. The lowest BCUT2D eigenvalue weighted by Crippen LogP contribution is -2.40. The van der Waals surface area contributed by atoms with E-state index in [2.05, 4.69) is 5.32 Å². The van der Waals surface area contributed by atoms with Gasteiger partial charge in [-0.3, -0.25) is 14.2 Å². The number of thiazole rings is 1. The number of nitrogens with zero attached hydrogens (tertiary/aromatic N) is 2. The summed E-state index contributed by atoms with van der Waals surface area (Å²) < 4.78 is 19.4. The van der Waals surface area contributed by atoms with Crippen LogP contribution in [0.15, 0.2) is 118 Å². The molecular formula is C37H32ClN3O5S. The number of para-hydroxylation sites is 1. The molecule has 0 saturated heterocycles. The first-order valence-corrected chi connectivity index (χ1v) is 16.2. The van der Waals surface area contributed by atoms with Crippen LogP contribution in [-0.4, -0.2) is 24.2 Å². The van der Waals surface area contributed by atoms with Crippen LogP contribution in [0, 0.1) is 0 Å². The number of carbonyl (C=O) groups is 1. The summed E-state index contributed by atoms with van der Waals surface area (Å²) in [5.74, 6) is 1.45. The lowest BCUT2D eigenvalue weighted by molar-refractivity contribution is -0.113. The van der Waals surface area contributed by atoms with Crippen LogP contribution >= 0.6 is 22.9 Å². The number of hydrogen-bond acceptors (Lipinski definition) is 7. The second-order valence-corrected chi connectivity index (χ2v) is 12.1. The van der Waals surface area contributed by atoms with Gasteiger partial charge in [0.1, 0.15) is 12.4 Å². The highest BCUT2D eigenvalue weighted by Crippen LogP contribution is 2.33. The van der Waals surface area contributed by atoms with Crippen LogP contribution in [-0.2, 0) is 11.4 Å². The van der Waals surface area contributed by atoms with E-state index in [9.17, 15) is 9.59 Å². The number of methoxy groups -OCH3 is 1. The van der Waals surface area contributed by atoms with E-state index in [0.29, 0.717) is 55.2 Å². The van der Waals surface area contributed by atoms with Crippen molar-refractivity contribution in [2.45, 2.75) is 26.5 Å². The Balaban J connectivity index is 1.39. The topological polar surface area (TPSA) is 91.2 Å². The zero-order chi connectivity index (χ0) is 32.9. The van der Waals surface area contributed by atoms with E-state index in [-0.39, 0.29) is 18.1 Å². The molecule has 0 unspecified atom stereocenters. The summed E-state index contributed by atoms with van der Waals surface area (Å²) in [6.45, 7) is 4.41. The highest BCUT2D eigenvalue weighted by atomic mass is 35.5. The summed E-state index contributed by atoms with van der Waals surface area (Å²) in [5.41, 5.74) is 3.67. The Morgan fingerprint density at radius 3 is 2.45 bits per heavy atom. The molecule has 8 nitrogen and oxygen atoms in total. The van der Waals surface area contributed by atoms with Crippen LogP contribution in [0.2, 0.25) is 5.02 Å². The van der Waals surface area contributed by atoms with Crippen LogP contribution < -0.4 is 34.4 Å². The monoisotopic (exact) mass is 665 g/mol. The maximum atomic E-state index is 14.2. The van der Waals surface area contributed by atoms with E-state index in [1.165, 1.54) is 11.3 Å². The Morgan fingerprint density at radius 1 is 0.979 bits per heavy atom. The Morgan fingerprint density at radius 2 is 1.72 bits per heavy atom. The van der Waals surface area contributed by atoms with Crippen molar-refractivity contribution in [1.82, 2.24) is 4.57 Å². The molecule has 0 bridgehead atoms. The number of ether oxygens (including phenoxy) is 3. The molecular weight excluding hydrogens is 634 g/mol. The van der Waals surface area contributed by atoms with Crippen molar-refractivity contribution >= 4 is 40.6 Å². The molecule has 1 aromatic heterocycles. The van der Waals surface area contributed by atoms with Crippen LogP contribution in [0.25, 0.3) is 6.08 Å². The largest absolute Gasteiger partial charge is 0.497 e. The highest BCUT2D eigenvalue weighted by molar-refractivity contribution is 7.07. The van der Waals surface area contributed by atoms with Gasteiger partial charge in [-0.2, -0.15) is 0 Å². The summed E-state index contributed by atoms with van der Waals surface area (Å²) in [4.78, 5) is 33.2. The number of benzene rings is 4. The Labute approximate surface area is 280 Å². The first kappa shape index (κ1) is 31.8. The first-order valence-electron chi connectivity index (χ1n) is 15.0. The van der Waals surface area contributed by atoms with Crippen molar-refractivity contribution in [3.05, 3.63) is 150 Å². The molecule has 0 saturated carbocycles. The van der Waals surface area contributed by atoms with Gasteiger partial charge >= 0.3 is 0 Å². The van der Waals surface area contributed by atoms with E-state index in [4.69, 9.17) is 30.8 Å². The molecule has 1 aliphatic heterocycles. The number of hydrogen-bond donors (Lipinski definition) is 1. The van der Waals surface area contributed by atoms with Gasteiger partial charge in [0.05, 0.1) is 35.6 Å². The second-order valence-electron chi connectivity index (χ2n) is 10.7. The SMILES string of the molecule is CCOc1cc(/C=c2/sc3n(c2=O)[C@@H](c2ccc(OC)cc2)C(C(=O)Nc2ccccc2)=C(C)N=3)ccc1OCc1ccccc1Cl. The standard InChI is InChI=1S/C37H32ClN3O5S/c1-4-45-31-20-24(14-19-30(31)46-22-26-10-8-9-13-29(26)38)21-32-36(43)41-34(25-15-17-28(44-3)18-16-25)33(23(2)39-37(41)47-32)35(42)40-27-11-6-5-7-12-27/h5-21,34H,4,22H2,1-3H3,(H,40,42)/b32-21+/t34-/m0/s1. The van der Waals surface area contributed by atoms with Crippen molar-refractivity contribution in [3.8, 4) is 17.2 Å². The van der Waals surface area contributed by atoms with Gasteiger partial charge in [0.25, 0.3) is 11.5 Å². The number of carbonyl (C=O) groups excluding carboxylic acids is 1. The second kappa shape index (κ2) is 14.1. The van der Waals surface area contributed by atoms with Crippen LogP contribution in [0.1, 0.15) is 36.6 Å². The fourth-order valence-corrected chi connectivity index (χ4v) is 6.59. The molecule has 5 aromatic rings. The minimum absolute atomic E-state index is 0.260. The summed E-state index contributed by atoms with van der Waals surface area (Å²) in [5, 5.41) is 3.60. The molecule has 0 aliphatic carbocycles. The van der Waals surface area contributed by atoms with Crippen molar-refractivity contribution < 1.29 is 19.0 Å². The molecule has 6 rings (SSSR count). The third-order valence-corrected chi connectivity index (χ3v) is 8.99. The number of rotatable bonds is 10. The van der Waals surface area contributed by atoms with Gasteiger partial charge in [0.2, 0.25) is 0 Å². The number of fused-ring (bicyclic) bond motifs is 1. The number of anilines is 1. The molecule has 0 radical (unpaired) electrons. The molecule has 4 aromatic carbocycles. The minimum Gasteiger partial charge on any atom is -0.497 e. The fourth-order valence-electron chi connectivity index (χ4n) is 5.36.